The van der Waals surface area contributed by atoms with Crippen LogP contribution in [0.4, 0.5) is 15.8 Å². The second-order valence-corrected chi connectivity index (χ2v) is 4.59. The summed E-state index contributed by atoms with van der Waals surface area (Å²) in [5.41, 5.74) is 1.94. The first kappa shape index (κ1) is 14.8. The number of hydrogen-bond donors (Lipinski definition) is 1. The molecule has 5 nitrogen and oxygen atoms in total. The zero-order valence-corrected chi connectivity index (χ0v) is 11.7. The lowest BCUT2D eigenvalue weighted by molar-refractivity contribution is -0.387. The summed E-state index contributed by atoms with van der Waals surface area (Å²) in [4.78, 5) is 9.97. The number of aryl methyl sites for hydroxylation is 1. The Balaban J connectivity index is 2.19. The molecule has 2 rings (SSSR count). The molecule has 0 radical (unpaired) electrons. The SMILES string of the molecule is COc1ccc(C)cc1CNc1ccc(F)c([N+](=O)[O-])c1. The molecule has 0 aliphatic heterocycles. The normalized spacial score (nSPS) is 10.2. The van der Waals surface area contributed by atoms with Crippen LogP contribution < -0.4 is 10.1 Å². The van der Waals surface area contributed by atoms with Gasteiger partial charge in [-0.2, -0.15) is 4.39 Å². The number of nitrogens with one attached hydrogen (secondary N) is 1. The molecule has 0 fully saturated rings. The molecule has 0 atom stereocenters. The Morgan fingerprint density at radius 1 is 1.29 bits per heavy atom. The minimum atomic E-state index is -0.848. The van der Waals surface area contributed by atoms with Gasteiger partial charge in [-0.05, 0) is 25.1 Å². The number of methoxy groups -OCH3 is 1. The number of nitrogens with zero attached hydrogens (tertiary/aromatic N) is 1. The number of anilines is 1. The summed E-state index contributed by atoms with van der Waals surface area (Å²) in [7, 11) is 1.58. The van der Waals surface area contributed by atoms with Crippen molar-refractivity contribution in [3.63, 3.8) is 0 Å². The molecule has 0 heterocycles. The van der Waals surface area contributed by atoms with Crippen LogP contribution in [0.1, 0.15) is 11.1 Å². The molecule has 6 heteroatoms. The quantitative estimate of drug-likeness (QED) is 0.674. The fourth-order valence-electron chi connectivity index (χ4n) is 2.01. The van der Waals surface area contributed by atoms with Gasteiger partial charge in [0.05, 0.1) is 12.0 Å². The zero-order chi connectivity index (χ0) is 15.4. The van der Waals surface area contributed by atoms with Crippen molar-refractivity contribution in [2.75, 3.05) is 12.4 Å². The Bertz CT molecular complexity index is 674. The molecule has 0 amide bonds. The Labute approximate surface area is 121 Å². The molecule has 2 aromatic carbocycles. The fraction of sp³-hybridized carbons (Fsp3) is 0.200. The van der Waals surface area contributed by atoms with Gasteiger partial charge < -0.3 is 10.1 Å². The van der Waals surface area contributed by atoms with Crippen LogP contribution in [0.25, 0.3) is 0 Å². The molecule has 0 unspecified atom stereocenters. The van der Waals surface area contributed by atoms with E-state index in [0.717, 1.165) is 22.9 Å². The third-order valence-electron chi connectivity index (χ3n) is 3.06. The highest BCUT2D eigenvalue weighted by Gasteiger charge is 2.14. The Kier molecular flexibility index (Phi) is 4.37. The van der Waals surface area contributed by atoms with Crippen molar-refractivity contribution in [2.24, 2.45) is 0 Å². The highest BCUT2D eigenvalue weighted by Crippen LogP contribution is 2.24. The van der Waals surface area contributed by atoms with Crippen molar-refractivity contribution in [3.05, 3.63) is 63.5 Å². The van der Waals surface area contributed by atoms with E-state index in [9.17, 15) is 14.5 Å². The molecule has 21 heavy (non-hydrogen) atoms. The predicted molar refractivity (Wildman–Crippen MR) is 78.1 cm³/mol. The monoisotopic (exact) mass is 290 g/mol. The van der Waals surface area contributed by atoms with Crippen molar-refractivity contribution in [2.45, 2.75) is 13.5 Å². The van der Waals surface area contributed by atoms with Crippen LogP contribution in [0.15, 0.2) is 36.4 Å². The van der Waals surface area contributed by atoms with Crippen molar-refractivity contribution in [3.8, 4) is 5.75 Å². The Morgan fingerprint density at radius 3 is 2.71 bits per heavy atom. The molecular formula is C15H15FN2O3. The maximum atomic E-state index is 13.3. The number of halogens is 1. The largest absolute Gasteiger partial charge is 0.496 e. The van der Waals surface area contributed by atoms with E-state index in [1.807, 2.05) is 25.1 Å². The van der Waals surface area contributed by atoms with Crippen molar-refractivity contribution >= 4 is 11.4 Å². The topological polar surface area (TPSA) is 64.4 Å². The number of hydrogen-bond acceptors (Lipinski definition) is 4. The molecule has 0 saturated carbocycles. The second-order valence-electron chi connectivity index (χ2n) is 4.59. The fourth-order valence-corrected chi connectivity index (χ4v) is 2.01. The molecule has 2 aromatic rings. The molecule has 0 saturated heterocycles. The van der Waals surface area contributed by atoms with E-state index in [-0.39, 0.29) is 0 Å². The van der Waals surface area contributed by atoms with Gasteiger partial charge in [-0.15, -0.1) is 0 Å². The lowest BCUT2D eigenvalue weighted by atomic mass is 10.1. The van der Waals surface area contributed by atoms with E-state index < -0.39 is 16.4 Å². The van der Waals surface area contributed by atoms with E-state index in [4.69, 9.17) is 4.74 Å². The van der Waals surface area contributed by atoms with Gasteiger partial charge >= 0.3 is 5.69 Å². The summed E-state index contributed by atoms with van der Waals surface area (Å²) in [6, 6.07) is 9.48. The molecular weight excluding hydrogens is 275 g/mol. The van der Waals surface area contributed by atoms with E-state index in [2.05, 4.69) is 5.32 Å². The average Bonchev–Trinajstić information content (AvgIpc) is 2.46. The van der Waals surface area contributed by atoms with Crippen molar-refractivity contribution in [1.29, 1.82) is 0 Å². The third kappa shape index (κ3) is 3.47. The number of rotatable bonds is 5. The van der Waals surface area contributed by atoms with Gasteiger partial charge in [-0.25, -0.2) is 0 Å². The molecule has 1 N–H and O–H groups in total. The highest BCUT2D eigenvalue weighted by atomic mass is 19.1. The van der Waals surface area contributed by atoms with Crippen LogP contribution in [-0.2, 0) is 6.54 Å². The summed E-state index contributed by atoms with van der Waals surface area (Å²) in [5.74, 6) is -0.122. The van der Waals surface area contributed by atoms with Crippen LogP contribution in [0.5, 0.6) is 5.75 Å². The van der Waals surface area contributed by atoms with E-state index in [0.29, 0.717) is 12.2 Å². The van der Waals surface area contributed by atoms with Gasteiger partial charge in [-0.3, -0.25) is 10.1 Å². The highest BCUT2D eigenvalue weighted by molar-refractivity contribution is 5.52. The van der Waals surface area contributed by atoms with Gasteiger partial charge in [0.15, 0.2) is 0 Å². The van der Waals surface area contributed by atoms with Gasteiger partial charge in [0.2, 0.25) is 5.82 Å². The summed E-state index contributed by atoms with van der Waals surface area (Å²) in [5, 5.41) is 13.7. The lowest BCUT2D eigenvalue weighted by Gasteiger charge is -2.11. The Hall–Kier alpha value is -2.63. The van der Waals surface area contributed by atoms with Crippen LogP contribution in [-0.4, -0.2) is 12.0 Å². The molecule has 110 valence electrons. The van der Waals surface area contributed by atoms with E-state index >= 15 is 0 Å². The number of nitro groups is 1. The van der Waals surface area contributed by atoms with E-state index in [1.54, 1.807) is 7.11 Å². The minimum Gasteiger partial charge on any atom is -0.496 e. The first-order valence-corrected chi connectivity index (χ1v) is 6.32. The van der Waals surface area contributed by atoms with Gasteiger partial charge in [-0.1, -0.05) is 17.7 Å². The Morgan fingerprint density at radius 2 is 2.05 bits per heavy atom. The lowest BCUT2D eigenvalue weighted by Crippen LogP contribution is -2.03. The van der Waals surface area contributed by atoms with Crippen molar-refractivity contribution < 1.29 is 14.1 Å². The number of ether oxygens (including phenoxy) is 1. The van der Waals surface area contributed by atoms with Gasteiger partial charge in [0.25, 0.3) is 0 Å². The first-order valence-electron chi connectivity index (χ1n) is 6.32. The van der Waals surface area contributed by atoms with Crippen LogP contribution in [0.2, 0.25) is 0 Å². The average molecular weight is 290 g/mol. The summed E-state index contributed by atoms with van der Waals surface area (Å²) >= 11 is 0. The molecule has 0 spiro atoms. The third-order valence-corrected chi connectivity index (χ3v) is 3.06. The second kappa shape index (κ2) is 6.21. The summed E-state index contributed by atoms with van der Waals surface area (Å²) in [6.07, 6.45) is 0. The number of benzene rings is 2. The van der Waals surface area contributed by atoms with Crippen molar-refractivity contribution in [1.82, 2.24) is 0 Å². The van der Waals surface area contributed by atoms with Crippen LogP contribution in [0.3, 0.4) is 0 Å². The summed E-state index contributed by atoms with van der Waals surface area (Å²) < 4.78 is 18.5. The number of nitro benzene ring substituents is 1. The van der Waals surface area contributed by atoms with Gasteiger partial charge in [0, 0.05) is 23.9 Å². The first-order chi connectivity index (χ1) is 10.0. The maximum absolute atomic E-state index is 13.3. The minimum absolute atomic E-state index is 0.424. The predicted octanol–water partition coefficient (Wildman–Crippen LogP) is 3.66. The van der Waals surface area contributed by atoms with E-state index in [1.165, 1.54) is 12.1 Å². The molecule has 0 bridgehead atoms. The zero-order valence-electron chi connectivity index (χ0n) is 11.7. The smallest absolute Gasteiger partial charge is 0.306 e. The van der Waals surface area contributed by atoms with Crippen LogP contribution in [0, 0.1) is 22.9 Å². The summed E-state index contributed by atoms with van der Waals surface area (Å²) in [6.45, 7) is 2.39. The molecule has 0 aliphatic carbocycles. The van der Waals surface area contributed by atoms with Crippen LogP contribution >= 0.6 is 0 Å². The molecule has 0 aromatic heterocycles. The molecule has 0 aliphatic rings. The standard InChI is InChI=1S/C15H15FN2O3/c1-10-3-6-15(21-2)11(7-10)9-17-12-4-5-13(16)14(8-12)18(19)20/h3-8,17H,9H2,1-2H3. The van der Waals surface area contributed by atoms with Gasteiger partial charge in [0.1, 0.15) is 5.75 Å². The maximum Gasteiger partial charge on any atom is 0.306 e.